The first-order valence-electron chi connectivity index (χ1n) is 8.94. The van der Waals surface area contributed by atoms with Gasteiger partial charge in [-0.3, -0.25) is 9.59 Å². The van der Waals surface area contributed by atoms with E-state index in [4.69, 9.17) is 5.26 Å². The van der Waals surface area contributed by atoms with Crippen molar-refractivity contribution in [1.29, 1.82) is 5.26 Å². The Morgan fingerprint density at radius 1 is 1.19 bits per heavy atom. The number of carbonyl (C=O) groups is 3. The molecule has 0 unspecified atom stereocenters. The van der Waals surface area contributed by atoms with Gasteiger partial charge >= 0.3 is 5.97 Å². The van der Waals surface area contributed by atoms with Crippen molar-refractivity contribution in [3.05, 3.63) is 41.1 Å². The van der Waals surface area contributed by atoms with E-state index < -0.39 is 23.8 Å². The van der Waals surface area contributed by atoms with E-state index in [1.807, 2.05) is 6.07 Å². The zero-order valence-electron chi connectivity index (χ0n) is 15.2. The summed E-state index contributed by atoms with van der Waals surface area (Å²) in [7, 11) is 0. The molecule has 142 valence electrons. The topological polar surface area (TPSA) is 119 Å². The molecule has 1 aromatic rings. The van der Waals surface area contributed by atoms with Crippen LogP contribution in [0.1, 0.15) is 50.2 Å². The van der Waals surface area contributed by atoms with Crippen LogP contribution < -0.4 is 10.6 Å². The number of rotatable bonds is 6. The number of nitriles is 1. The molecule has 1 saturated carbocycles. The zero-order chi connectivity index (χ0) is 19.8. The van der Waals surface area contributed by atoms with Crippen molar-refractivity contribution in [3.8, 4) is 6.07 Å². The fraction of sp³-hybridized carbons (Fsp3) is 0.400. The van der Waals surface area contributed by atoms with Crippen molar-refractivity contribution in [2.75, 3.05) is 0 Å². The zero-order valence-corrected chi connectivity index (χ0v) is 15.2. The van der Waals surface area contributed by atoms with Crippen LogP contribution in [0.3, 0.4) is 0 Å². The van der Waals surface area contributed by atoms with Gasteiger partial charge in [-0.15, -0.1) is 0 Å². The number of carboxylic acid groups (broad SMARTS) is 1. The molecule has 1 aliphatic rings. The molecule has 0 aromatic heterocycles. The number of carboxylic acids is 1. The Hall–Kier alpha value is -3.14. The number of hydrogen-bond donors (Lipinski definition) is 3. The molecule has 1 atom stereocenters. The third-order valence-corrected chi connectivity index (χ3v) is 4.58. The number of nitrogens with one attached hydrogen (secondary N) is 2. The van der Waals surface area contributed by atoms with Gasteiger partial charge in [0.1, 0.15) is 11.7 Å². The molecule has 2 rings (SSSR count). The largest absolute Gasteiger partial charge is 0.480 e. The smallest absolute Gasteiger partial charge is 0.326 e. The third kappa shape index (κ3) is 5.96. The Morgan fingerprint density at radius 3 is 2.33 bits per heavy atom. The van der Waals surface area contributed by atoms with Crippen LogP contribution >= 0.6 is 0 Å². The molecule has 0 heterocycles. The molecule has 1 aliphatic carbocycles. The van der Waals surface area contributed by atoms with Crippen molar-refractivity contribution in [3.63, 3.8) is 0 Å². The summed E-state index contributed by atoms with van der Waals surface area (Å²) in [4.78, 5) is 35.8. The van der Waals surface area contributed by atoms with Gasteiger partial charge < -0.3 is 15.7 Å². The quantitative estimate of drug-likeness (QED) is 0.664. The molecule has 0 aliphatic heterocycles. The summed E-state index contributed by atoms with van der Waals surface area (Å²) in [6.07, 6.45) is 5.94. The molecule has 0 bridgehead atoms. The highest BCUT2D eigenvalue weighted by Gasteiger charge is 2.31. The van der Waals surface area contributed by atoms with Gasteiger partial charge in [0.2, 0.25) is 5.91 Å². The maximum Gasteiger partial charge on any atom is 0.326 e. The number of hydrogen-bond acceptors (Lipinski definition) is 4. The van der Waals surface area contributed by atoms with Crippen molar-refractivity contribution in [2.45, 2.75) is 45.1 Å². The lowest BCUT2D eigenvalue weighted by Gasteiger charge is -2.28. The predicted octanol–water partition coefficient (Wildman–Crippen LogP) is 2.18. The Bertz CT molecular complexity index is 771. The maximum atomic E-state index is 12.7. The predicted molar refractivity (Wildman–Crippen MR) is 99.1 cm³/mol. The van der Waals surface area contributed by atoms with Crippen molar-refractivity contribution < 1.29 is 19.5 Å². The summed E-state index contributed by atoms with van der Waals surface area (Å²) in [6, 6.07) is 7.49. The average molecular weight is 369 g/mol. The van der Waals surface area contributed by atoms with Gasteiger partial charge in [0.15, 0.2) is 0 Å². The summed E-state index contributed by atoms with van der Waals surface area (Å²) in [6.45, 7) is 1.27. The lowest BCUT2D eigenvalue weighted by molar-refractivity contribution is -0.143. The first-order chi connectivity index (χ1) is 12.9. The molecule has 27 heavy (non-hydrogen) atoms. The fourth-order valence-electron chi connectivity index (χ4n) is 3.24. The van der Waals surface area contributed by atoms with Crippen LogP contribution in [0.5, 0.6) is 0 Å². The van der Waals surface area contributed by atoms with Gasteiger partial charge in [0, 0.05) is 6.92 Å². The van der Waals surface area contributed by atoms with Gasteiger partial charge in [-0.05, 0) is 42.5 Å². The molecule has 7 heteroatoms. The first kappa shape index (κ1) is 20.2. The molecular weight excluding hydrogens is 346 g/mol. The van der Waals surface area contributed by atoms with Crippen LogP contribution in [0.2, 0.25) is 0 Å². The van der Waals surface area contributed by atoms with E-state index in [-0.39, 0.29) is 11.6 Å². The molecule has 0 spiro atoms. The molecule has 7 nitrogen and oxygen atoms in total. The van der Waals surface area contributed by atoms with Crippen LogP contribution in [-0.2, 0) is 14.4 Å². The number of amides is 2. The Morgan fingerprint density at radius 2 is 1.81 bits per heavy atom. The van der Waals surface area contributed by atoms with E-state index >= 15 is 0 Å². The number of aliphatic carboxylic acids is 1. The SMILES string of the molecule is CC(=O)NC(=Cc1ccc(C#N)cc1)C(=O)N[C@H](C(=O)O)C1CCCCC1. The molecule has 1 aromatic carbocycles. The van der Waals surface area contributed by atoms with Crippen LogP contribution in [0.4, 0.5) is 0 Å². The highest BCUT2D eigenvalue weighted by Crippen LogP contribution is 2.26. The monoisotopic (exact) mass is 369 g/mol. The summed E-state index contributed by atoms with van der Waals surface area (Å²) in [5, 5.41) is 23.4. The van der Waals surface area contributed by atoms with Gasteiger partial charge in [-0.1, -0.05) is 31.4 Å². The van der Waals surface area contributed by atoms with E-state index in [0.717, 1.165) is 32.1 Å². The van der Waals surface area contributed by atoms with Crippen LogP contribution in [0.25, 0.3) is 6.08 Å². The highest BCUT2D eigenvalue weighted by atomic mass is 16.4. The molecule has 0 saturated heterocycles. The van der Waals surface area contributed by atoms with E-state index in [9.17, 15) is 19.5 Å². The number of carbonyl (C=O) groups excluding carboxylic acids is 2. The number of benzene rings is 1. The van der Waals surface area contributed by atoms with Crippen molar-refractivity contribution in [2.24, 2.45) is 5.92 Å². The first-order valence-corrected chi connectivity index (χ1v) is 8.94. The van der Waals surface area contributed by atoms with E-state index in [0.29, 0.717) is 11.1 Å². The lowest BCUT2D eigenvalue weighted by atomic mass is 9.84. The van der Waals surface area contributed by atoms with Crippen LogP contribution in [-0.4, -0.2) is 28.9 Å². The van der Waals surface area contributed by atoms with Gasteiger partial charge in [-0.2, -0.15) is 5.26 Å². The van der Waals surface area contributed by atoms with E-state index in [2.05, 4.69) is 10.6 Å². The third-order valence-electron chi connectivity index (χ3n) is 4.58. The highest BCUT2D eigenvalue weighted by molar-refractivity contribution is 6.02. The van der Waals surface area contributed by atoms with E-state index in [1.54, 1.807) is 24.3 Å². The minimum atomic E-state index is -1.07. The van der Waals surface area contributed by atoms with Gasteiger partial charge in [0.25, 0.3) is 5.91 Å². The number of nitrogens with zero attached hydrogens (tertiary/aromatic N) is 1. The Labute approximate surface area is 158 Å². The Balaban J connectivity index is 2.21. The molecular formula is C20H23N3O4. The summed E-state index contributed by atoms with van der Waals surface area (Å²) >= 11 is 0. The van der Waals surface area contributed by atoms with Crippen LogP contribution in [0, 0.1) is 17.2 Å². The second kappa shape index (κ2) is 9.53. The maximum absolute atomic E-state index is 12.7. The standard InChI is InChI=1S/C20H23N3O4/c1-13(24)22-17(11-14-7-9-15(12-21)10-8-14)19(25)23-18(20(26)27)16-5-3-2-4-6-16/h7-11,16,18H,2-6H2,1H3,(H,22,24)(H,23,25)(H,26,27)/t18-/m0/s1. The van der Waals surface area contributed by atoms with Gasteiger partial charge in [-0.25, -0.2) is 4.79 Å². The summed E-state index contributed by atoms with van der Waals surface area (Å²) < 4.78 is 0. The summed E-state index contributed by atoms with van der Waals surface area (Å²) in [5.41, 5.74) is 1.05. The van der Waals surface area contributed by atoms with E-state index in [1.165, 1.54) is 13.0 Å². The van der Waals surface area contributed by atoms with Crippen molar-refractivity contribution in [1.82, 2.24) is 10.6 Å². The second-order valence-electron chi connectivity index (χ2n) is 6.66. The molecule has 0 radical (unpaired) electrons. The minimum absolute atomic E-state index is 0.0331. The Kier molecular flexibility index (Phi) is 7.12. The molecule has 2 amide bonds. The second-order valence-corrected chi connectivity index (χ2v) is 6.66. The normalized spacial score (nSPS) is 16.1. The molecule has 3 N–H and O–H groups in total. The van der Waals surface area contributed by atoms with Crippen LogP contribution in [0.15, 0.2) is 30.0 Å². The fourth-order valence-corrected chi connectivity index (χ4v) is 3.24. The van der Waals surface area contributed by atoms with Gasteiger partial charge in [0.05, 0.1) is 11.6 Å². The summed E-state index contributed by atoms with van der Waals surface area (Å²) in [5.74, 6) is -2.27. The average Bonchev–Trinajstić information content (AvgIpc) is 2.66. The minimum Gasteiger partial charge on any atom is -0.480 e. The molecule has 1 fully saturated rings. The van der Waals surface area contributed by atoms with Crippen molar-refractivity contribution >= 4 is 23.9 Å². The lowest BCUT2D eigenvalue weighted by Crippen LogP contribution is -2.48.